The fourth-order valence-corrected chi connectivity index (χ4v) is 1.87. The first-order chi connectivity index (χ1) is 8.33. The molecule has 1 atom stereocenters. The fraction of sp³-hybridized carbons (Fsp3) is 0.786. The Morgan fingerprint density at radius 1 is 1.24 bits per heavy atom. The smallest absolute Gasteiger partial charge is 0.0656 e. The van der Waals surface area contributed by atoms with Crippen molar-refractivity contribution in [3.63, 3.8) is 0 Å². The molecule has 0 spiro atoms. The fourth-order valence-electron chi connectivity index (χ4n) is 1.87. The summed E-state index contributed by atoms with van der Waals surface area (Å²) in [6.07, 6.45) is 5.36. The largest absolute Gasteiger partial charge is 0.376 e. The molecular weight excluding hydrogens is 212 g/mol. The van der Waals surface area contributed by atoms with Crippen LogP contribution in [-0.2, 0) is 4.74 Å². The first-order valence-corrected chi connectivity index (χ1v) is 6.49. The quantitative estimate of drug-likeness (QED) is 0.540. The molecule has 0 N–H and O–H groups in total. The van der Waals surface area contributed by atoms with Gasteiger partial charge < -0.3 is 4.74 Å². The molecular formula is C14H22N2O. The van der Waals surface area contributed by atoms with E-state index in [9.17, 15) is 0 Å². The van der Waals surface area contributed by atoms with Gasteiger partial charge in [0.2, 0.25) is 0 Å². The van der Waals surface area contributed by atoms with E-state index in [0.29, 0.717) is 13.0 Å². The molecule has 0 amide bonds. The van der Waals surface area contributed by atoms with Crippen LogP contribution in [0.3, 0.4) is 0 Å². The Morgan fingerprint density at radius 2 is 2.00 bits per heavy atom. The number of piperidine rings is 1. The Hall–Kier alpha value is -1.03. The third-order valence-electron chi connectivity index (χ3n) is 2.88. The van der Waals surface area contributed by atoms with Crippen LogP contribution in [-0.4, -0.2) is 37.2 Å². The standard InChI is InChI=1S/C14H22N2O/c1-14(17-13-7-9-15)8-3-6-12-16-10-4-2-5-11-16/h14H,2,4-5,7-8,10-13H2,1H3/t14-/m1/s1. The second-order valence-electron chi connectivity index (χ2n) is 4.48. The average Bonchev–Trinajstić information content (AvgIpc) is 2.36. The van der Waals surface area contributed by atoms with Crippen LogP contribution < -0.4 is 0 Å². The second-order valence-corrected chi connectivity index (χ2v) is 4.48. The summed E-state index contributed by atoms with van der Waals surface area (Å²) in [5.41, 5.74) is 0. The van der Waals surface area contributed by atoms with Crippen LogP contribution in [0.2, 0.25) is 0 Å². The van der Waals surface area contributed by atoms with Crippen molar-refractivity contribution < 1.29 is 4.74 Å². The van der Waals surface area contributed by atoms with Crippen molar-refractivity contribution in [1.29, 1.82) is 5.26 Å². The molecule has 3 nitrogen and oxygen atoms in total. The lowest BCUT2D eigenvalue weighted by molar-refractivity contribution is 0.0739. The zero-order chi connectivity index (χ0) is 12.3. The normalized spacial score (nSPS) is 17.9. The molecule has 17 heavy (non-hydrogen) atoms. The van der Waals surface area contributed by atoms with E-state index < -0.39 is 0 Å². The summed E-state index contributed by atoms with van der Waals surface area (Å²) in [4.78, 5) is 2.41. The summed E-state index contributed by atoms with van der Waals surface area (Å²) in [7, 11) is 0. The molecule has 1 fully saturated rings. The molecule has 1 rings (SSSR count). The van der Waals surface area contributed by atoms with Crippen molar-refractivity contribution >= 4 is 0 Å². The van der Waals surface area contributed by atoms with E-state index in [-0.39, 0.29) is 6.10 Å². The van der Waals surface area contributed by atoms with E-state index in [1.54, 1.807) is 0 Å². The predicted molar refractivity (Wildman–Crippen MR) is 68.3 cm³/mol. The number of ether oxygens (including phenoxy) is 1. The van der Waals surface area contributed by atoms with Crippen LogP contribution in [0.4, 0.5) is 0 Å². The van der Waals surface area contributed by atoms with Crippen molar-refractivity contribution in [2.75, 3.05) is 26.2 Å². The van der Waals surface area contributed by atoms with E-state index >= 15 is 0 Å². The number of nitrogens with zero attached hydrogens (tertiary/aromatic N) is 2. The summed E-state index contributed by atoms with van der Waals surface area (Å²) in [6, 6.07) is 2.07. The predicted octanol–water partition coefficient (Wildman–Crippen LogP) is 2.18. The minimum absolute atomic E-state index is 0.136. The summed E-state index contributed by atoms with van der Waals surface area (Å²) in [5.74, 6) is 6.37. The summed E-state index contributed by atoms with van der Waals surface area (Å²) in [5, 5.41) is 8.37. The van der Waals surface area contributed by atoms with E-state index in [2.05, 4.69) is 22.8 Å². The van der Waals surface area contributed by atoms with Crippen molar-refractivity contribution in [2.45, 2.75) is 45.1 Å². The maximum atomic E-state index is 8.37. The van der Waals surface area contributed by atoms with E-state index in [4.69, 9.17) is 10.00 Å². The molecule has 1 aliphatic heterocycles. The first kappa shape index (κ1) is 14.0. The van der Waals surface area contributed by atoms with Gasteiger partial charge in [-0.1, -0.05) is 18.3 Å². The van der Waals surface area contributed by atoms with E-state index in [1.165, 1.54) is 32.4 Å². The van der Waals surface area contributed by atoms with Gasteiger partial charge in [-0.15, -0.1) is 0 Å². The summed E-state index contributed by atoms with van der Waals surface area (Å²) < 4.78 is 5.44. The first-order valence-electron chi connectivity index (χ1n) is 6.49. The van der Waals surface area contributed by atoms with Gasteiger partial charge in [0.1, 0.15) is 0 Å². The topological polar surface area (TPSA) is 36.3 Å². The second kappa shape index (κ2) is 9.05. The molecule has 0 bridgehead atoms. The maximum Gasteiger partial charge on any atom is 0.0656 e. The van der Waals surface area contributed by atoms with Crippen LogP contribution in [0.1, 0.15) is 39.0 Å². The Labute approximate surface area is 105 Å². The van der Waals surface area contributed by atoms with Crippen molar-refractivity contribution in [2.24, 2.45) is 0 Å². The average molecular weight is 234 g/mol. The Balaban J connectivity index is 2.06. The number of hydrogen-bond acceptors (Lipinski definition) is 3. The van der Waals surface area contributed by atoms with Gasteiger partial charge in [0.25, 0.3) is 0 Å². The Morgan fingerprint density at radius 3 is 2.71 bits per heavy atom. The van der Waals surface area contributed by atoms with Gasteiger partial charge in [-0.2, -0.15) is 5.26 Å². The van der Waals surface area contributed by atoms with Crippen LogP contribution >= 0.6 is 0 Å². The Kier molecular flexibility index (Phi) is 7.47. The highest BCUT2D eigenvalue weighted by Gasteiger charge is 2.07. The number of hydrogen-bond donors (Lipinski definition) is 0. The molecule has 0 aromatic carbocycles. The molecule has 0 unspecified atom stereocenters. The third kappa shape index (κ3) is 7.00. The number of rotatable bonds is 5. The minimum Gasteiger partial charge on any atom is -0.376 e. The monoisotopic (exact) mass is 234 g/mol. The van der Waals surface area contributed by atoms with Crippen LogP contribution in [0.5, 0.6) is 0 Å². The molecule has 1 aliphatic rings. The zero-order valence-electron chi connectivity index (χ0n) is 10.7. The van der Waals surface area contributed by atoms with Gasteiger partial charge in [0, 0.05) is 6.42 Å². The lowest BCUT2D eigenvalue weighted by atomic mass is 10.1. The van der Waals surface area contributed by atoms with E-state index in [0.717, 1.165) is 13.0 Å². The van der Waals surface area contributed by atoms with Gasteiger partial charge >= 0.3 is 0 Å². The van der Waals surface area contributed by atoms with E-state index in [1.807, 2.05) is 6.92 Å². The molecule has 94 valence electrons. The molecule has 0 aliphatic carbocycles. The maximum absolute atomic E-state index is 8.37. The zero-order valence-corrected chi connectivity index (χ0v) is 10.7. The van der Waals surface area contributed by atoms with Gasteiger partial charge in [0.15, 0.2) is 0 Å². The minimum atomic E-state index is 0.136. The Bertz CT molecular complexity index is 292. The highest BCUT2D eigenvalue weighted by molar-refractivity contribution is 5.02. The van der Waals surface area contributed by atoms with Crippen molar-refractivity contribution in [3.05, 3.63) is 0 Å². The van der Waals surface area contributed by atoms with Crippen LogP contribution in [0.15, 0.2) is 0 Å². The third-order valence-corrected chi connectivity index (χ3v) is 2.88. The SMILES string of the molecule is C[C@H](CC#CCN1CCCCC1)OCCC#N. The van der Waals surface area contributed by atoms with Crippen molar-refractivity contribution in [3.8, 4) is 17.9 Å². The van der Waals surface area contributed by atoms with Gasteiger partial charge in [-0.3, -0.25) is 4.90 Å². The summed E-state index contributed by atoms with van der Waals surface area (Å²) in [6.45, 7) is 5.81. The van der Waals surface area contributed by atoms with Crippen LogP contribution in [0, 0.1) is 23.2 Å². The molecule has 0 saturated carbocycles. The number of nitriles is 1. The highest BCUT2D eigenvalue weighted by Crippen LogP contribution is 2.07. The van der Waals surface area contributed by atoms with Crippen LogP contribution in [0.25, 0.3) is 0 Å². The highest BCUT2D eigenvalue weighted by atomic mass is 16.5. The lowest BCUT2D eigenvalue weighted by Crippen LogP contribution is -2.29. The molecule has 1 heterocycles. The van der Waals surface area contributed by atoms with Crippen molar-refractivity contribution in [1.82, 2.24) is 4.90 Å². The molecule has 0 radical (unpaired) electrons. The molecule has 1 saturated heterocycles. The summed E-state index contributed by atoms with van der Waals surface area (Å²) >= 11 is 0. The van der Waals surface area contributed by atoms with Gasteiger partial charge in [0.05, 0.1) is 31.7 Å². The number of likely N-dealkylation sites (tertiary alicyclic amines) is 1. The van der Waals surface area contributed by atoms with Gasteiger partial charge in [-0.25, -0.2) is 0 Å². The van der Waals surface area contributed by atoms with Gasteiger partial charge in [-0.05, 0) is 32.9 Å². The lowest BCUT2D eigenvalue weighted by Gasteiger charge is -2.23. The molecule has 0 aromatic heterocycles. The molecule has 3 heteroatoms. The molecule has 0 aromatic rings.